The van der Waals surface area contributed by atoms with Crippen LogP contribution in [0.15, 0.2) is 24.3 Å². The molecule has 0 bridgehead atoms. The van der Waals surface area contributed by atoms with Crippen LogP contribution in [0.1, 0.15) is 0 Å². The molecule has 1 aliphatic rings. The summed E-state index contributed by atoms with van der Waals surface area (Å²) < 4.78 is 10.4. The highest BCUT2D eigenvalue weighted by molar-refractivity contribution is 5.36. The summed E-state index contributed by atoms with van der Waals surface area (Å²) in [5.74, 6) is 0.250. The van der Waals surface area contributed by atoms with Gasteiger partial charge in [0.2, 0.25) is 6.29 Å². The molecule has 8 nitrogen and oxygen atoms in total. The molecule has 1 heterocycles. The molecule has 0 aromatic heterocycles. The Balaban J connectivity index is 2.03. The van der Waals surface area contributed by atoms with Crippen LogP contribution in [0, 0.1) is 10.1 Å². The van der Waals surface area contributed by atoms with Crippen molar-refractivity contribution in [3.05, 3.63) is 34.4 Å². The molecule has 8 heteroatoms. The maximum Gasteiger partial charge on any atom is 0.269 e. The van der Waals surface area contributed by atoms with Crippen molar-refractivity contribution in [3.63, 3.8) is 0 Å². The lowest BCUT2D eigenvalue weighted by Gasteiger charge is -2.16. The van der Waals surface area contributed by atoms with Crippen molar-refractivity contribution < 1.29 is 29.7 Å². The van der Waals surface area contributed by atoms with Crippen LogP contribution in [0.25, 0.3) is 0 Å². The molecule has 2 rings (SSSR count). The first kappa shape index (κ1) is 13.7. The molecule has 1 aromatic carbocycles. The maximum atomic E-state index is 10.5. The predicted molar refractivity (Wildman–Crippen MR) is 61.5 cm³/mol. The van der Waals surface area contributed by atoms with E-state index < -0.39 is 36.1 Å². The quantitative estimate of drug-likeness (QED) is 0.494. The zero-order valence-corrected chi connectivity index (χ0v) is 9.75. The number of hydrogen-bond acceptors (Lipinski definition) is 7. The smallest absolute Gasteiger partial charge is 0.269 e. The Labute approximate surface area is 108 Å². The summed E-state index contributed by atoms with van der Waals surface area (Å²) in [7, 11) is 0. The molecule has 3 N–H and O–H groups in total. The molecule has 0 amide bonds. The fraction of sp³-hybridized carbons (Fsp3) is 0.455. The molecule has 19 heavy (non-hydrogen) atoms. The molecule has 0 saturated carbocycles. The van der Waals surface area contributed by atoms with E-state index in [1.807, 2.05) is 0 Å². The van der Waals surface area contributed by atoms with E-state index in [0.717, 1.165) is 0 Å². The van der Waals surface area contributed by atoms with Crippen LogP contribution in [0.3, 0.4) is 0 Å². The minimum Gasteiger partial charge on any atom is -0.462 e. The van der Waals surface area contributed by atoms with Gasteiger partial charge in [0, 0.05) is 12.1 Å². The monoisotopic (exact) mass is 271 g/mol. The van der Waals surface area contributed by atoms with E-state index in [1.165, 1.54) is 24.3 Å². The van der Waals surface area contributed by atoms with Crippen LogP contribution in [0.2, 0.25) is 0 Å². The van der Waals surface area contributed by atoms with Crippen LogP contribution in [-0.4, -0.2) is 51.5 Å². The Kier molecular flexibility index (Phi) is 3.96. The van der Waals surface area contributed by atoms with E-state index in [1.54, 1.807) is 0 Å². The van der Waals surface area contributed by atoms with Crippen molar-refractivity contribution in [2.75, 3.05) is 6.61 Å². The molecule has 4 atom stereocenters. The molecular weight excluding hydrogens is 258 g/mol. The van der Waals surface area contributed by atoms with Crippen LogP contribution in [0.5, 0.6) is 5.75 Å². The van der Waals surface area contributed by atoms with Crippen molar-refractivity contribution in [2.24, 2.45) is 0 Å². The van der Waals surface area contributed by atoms with Gasteiger partial charge in [-0.2, -0.15) is 0 Å². The number of benzene rings is 1. The van der Waals surface area contributed by atoms with Gasteiger partial charge in [-0.1, -0.05) is 0 Å². The second-order valence-corrected chi connectivity index (χ2v) is 4.08. The molecule has 0 unspecified atom stereocenters. The topological polar surface area (TPSA) is 122 Å². The van der Waals surface area contributed by atoms with Gasteiger partial charge in [0.15, 0.2) is 0 Å². The Morgan fingerprint density at radius 2 is 1.89 bits per heavy atom. The van der Waals surface area contributed by atoms with Crippen molar-refractivity contribution in [2.45, 2.75) is 24.6 Å². The predicted octanol–water partition coefficient (Wildman–Crippen LogP) is -0.587. The number of aliphatic hydroxyl groups excluding tert-OH is 3. The number of non-ortho nitro benzene ring substituents is 1. The third-order valence-electron chi connectivity index (χ3n) is 2.80. The van der Waals surface area contributed by atoms with Gasteiger partial charge in [-0.25, -0.2) is 0 Å². The third-order valence-corrected chi connectivity index (χ3v) is 2.80. The number of nitrogens with zero attached hydrogens (tertiary/aromatic N) is 1. The standard InChI is InChI=1S/C11H13NO7/c13-5-8-9(14)10(15)11(19-8)18-7-3-1-6(2-4-7)12(16)17/h1-4,8-11,13-15H,5H2/t8-,9-,10-,11-/m1/s1. The molecular formula is C11H13NO7. The Morgan fingerprint density at radius 3 is 2.37 bits per heavy atom. The first-order valence-corrected chi connectivity index (χ1v) is 5.56. The average Bonchev–Trinajstić information content (AvgIpc) is 2.67. The molecule has 104 valence electrons. The summed E-state index contributed by atoms with van der Waals surface area (Å²) in [5, 5.41) is 38.5. The van der Waals surface area contributed by atoms with Crippen molar-refractivity contribution >= 4 is 5.69 Å². The van der Waals surface area contributed by atoms with Gasteiger partial charge in [0.05, 0.1) is 11.5 Å². The van der Waals surface area contributed by atoms with Crippen LogP contribution >= 0.6 is 0 Å². The minimum absolute atomic E-state index is 0.0893. The lowest BCUT2D eigenvalue weighted by atomic mass is 10.1. The SMILES string of the molecule is O=[N+]([O-])c1ccc(O[C@@H]2O[C@H](CO)[C@@H](O)[C@H]2O)cc1. The Morgan fingerprint density at radius 1 is 1.26 bits per heavy atom. The van der Waals surface area contributed by atoms with Gasteiger partial charge < -0.3 is 24.8 Å². The second kappa shape index (κ2) is 5.49. The highest BCUT2D eigenvalue weighted by Crippen LogP contribution is 2.25. The Bertz CT molecular complexity index is 449. The van der Waals surface area contributed by atoms with E-state index >= 15 is 0 Å². The fourth-order valence-corrected chi connectivity index (χ4v) is 1.74. The van der Waals surface area contributed by atoms with Gasteiger partial charge in [-0.15, -0.1) is 0 Å². The van der Waals surface area contributed by atoms with E-state index in [2.05, 4.69) is 0 Å². The minimum atomic E-state index is -1.30. The summed E-state index contributed by atoms with van der Waals surface area (Å²) in [6, 6.07) is 5.20. The van der Waals surface area contributed by atoms with Gasteiger partial charge in [-0.3, -0.25) is 10.1 Å². The van der Waals surface area contributed by atoms with Gasteiger partial charge in [0.1, 0.15) is 24.1 Å². The molecule has 0 radical (unpaired) electrons. The van der Waals surface area contributed by atoms with Crippen LogP contribution < -0.4 is 4.74 Å². The summed E-state index contributed by atoms with van der Waals surface area (Å²) >= 11 is 0. The number of rotatable bonds is 4. The molecule has 1 aromatic rings. The van der Waals surface area contributed by atoms with Crippen molar-refractivity contribution in [1.82, 2.24) is 0 Å². The lowest BCUT2D eigenvalue weighted by molar-refractivity contribution is -0.384. The van der Waals surface area contributed by atoms with Crippen LogP contribution in [-0.2, 0) is 4.74 Å². The molecule has 1 aliphatic heterocycles. The summed E-state index contributed by atoms with van der Waals surface area (Å²) in [6.07, 6.45) is -4.59. The molecule has 1 saturated heterocycles. The summed E-state index contributed by atoms with van der Waals surface area (Å²) in [5.41, 5.74) is -0.0893. The van der Waals surface area contributed by atoms with E-state index in [0.29, 0.717) is 0 Å². The fourth-order valence-electron chi connectivity index (χ4n) is 1.74. The lowest BCUT2D eigenvalue weighted by Crippen LogP contribution is -2.35. The largest absolute Gasteiger partial charge is 0.462 e. The molecule has 0 aliphatic carbocycles. The Hall–Kier alpha value is -1.74. The number of nitro benzene ring substituents is 1. The average molecular weight is 271 g/mol. The zero-order chi connectivity index (χ0) is 14.0. The van der Waals surface area contributed by atoms with Crippen molar-refractivity contribution in [3.8, 4) is 5.75 Å². The van der Waals surface area contributed by atoms with E-state index in [9.17, 15) is 20.3 Å². The normalized spacial score (nSPS) is 30.3. The van der Waals surface area contributed by atoms with Crippen molar-refractivity contribution in [1.29, 1.82) is 0 Å². The first-order valence-electron chi connectivity index (χ1n) is 5.56. The second-order valence-electron chi connectivity index (χ2n) is 4.08. The summed E-state index contributed by atoms with van der Waals surface area (Å²) in [4.78, 5) is 9.93. The highest BCUT2D eigenvalue weighted by atomic mass is 16.7. The summed E-state index contributed by atoms with van der Waals surface area (Å²) in [6.45, 7) is -0.446. The zero-order valence-electron chi connectivity index (χ0n) is 9.75. The van der Waals surface area contributed by atoms with Gasteiger partial charge in [0.25, 0.3) is 5.69 Å². The number of hydrogen-bond donors (Lipinski definition) is 3. The third kappa shape index (κ3) is 2.82. The number of ether oxygens (including phenoxy) is 2. The first-order chi connectivity index (χ1) is 9.02. The highest BCUT2D eigenvalue weighted by Gasteiger charge is 2.43. The molecule has 1 fully saturated rings. The number of aliphatic hydroxyl groups is 3. The van der Waals surface area contributed by atoms with E-state index in [-0.39, 0.29) is 11.4 Å². The van der Waals surface area contributed by atoms with E-state index in [4.69, 9.17) is 14.6 Å². The van der Waals surface area contributed by atoms with Gasteiger partial charge in [-0.05, 0) is 12.1 Å². The number of nitro groups is 1. The molecule has 0 spiro atoms. The van der Waals surface area contributed by atoms with Crippen LogP contribution in [0.4, 0.5) is 5.69 Å². The van der Waals surface area contributed by atoms with Gasteiger partial charge >= 0.3 is 0 Å². The maximum absolute atomic E-state index is 10.5.